The Morgan fingerprint density at radius 3 is 2.54 bits per heavy atom. The van der Waals surface area contributed by atoms with Crippen LogP contribution in [-0.4, -0.2) is 20.2 Å². The lowest BCUT2D eigenvalue weighted by Gasteiger charge is -2.25. The molecule has 0 aliphatic carbocycles. The Kier molecular flexibility index (Phi) is 5.74. The fourth-order valence-electron chi connectivity index (χ4n) is 2.90. The van der Waals surface area contributed by atoms with Gasteiger partial charge in [-0.1, -0.05) is 30.7 Å². The van der Waals surface area contributed by atoms with Crippen molar-refractivity contribution in [3.63, 3.8) is 0 Å². The molecule has 138 valence electrons. The Bertz CT molecular complexity index is 811. The van der Waals surface area contributed by atoms with Gasteiger partial charge in [-0.25, -0.2) is 4.68 Å². The molecule has 0 bridgehead atoms. The minimum absolute atomic E-state index is 0.116. The van der Waals surface area contributed by atoms with Gasteiger partial charge in [0, 0.05) is 10.6 Å². The maximum Gasteiger partial charge on any atom is 0.206 e. The number of nitrogens with one attached hydrogen (secondary N) is 1. The summed E-state index contributed by atoms with van der Waals surface area (Å²) in [6.07, 6.45) is 2.66. The van der Waals surface area contributed by atoms with E-state index in [9.17, 15) is 0 Å². The van der Waals surface area contributed by atoms with Crippen LogP contribution in [0.3, 0.4) is 0 Å². The molecular formula is C19H25ClN5O+. The van der Waals surface area contributed by atoms with Gasteiger partial charge in [0.15, 0.2) is 5.76 Å². The highest BCUT2D eigenvalue weighted by molar-refractivity contribution is 6.30. The summed E-state index contributed by atoms with van der Waals surface area (Å²) in [5.41, 5.74) is 1.10. The van der Waals surface area contributed by atoms with Gasteiger partial charge in [-0.3, -0.25) is 0 Å². The number of aromatic nitrogens is 4. The van der Waals surface area contributed by atoms with Crippen LogP contribution in [0.25, 0.3) is 0 Å². The van der Waals surface area contributed by atoms with Crippen molar-refractivity contribution < 1.29 is 9.32 Å². The maximum absolute atomic E-state index is 6.01. The standard InChI is InChI=1S/C19H24ClN5O/c1-4-19(2,3)25-18(21-22-23-25)14-24(13-17-6-5-11-26-17)12-15-7-9-16(20)10-8-15/h5-11H,4,12-14H2,1-3H3/p+1. The average molecular weight is 375 g/mol. The van der Waals surface area contributed by atoms with E-state index in [2.05, 4.69) is 48.4 Å². The minimum atomic E-state index is -0.116. The molecule has 0 saturated carbocycles. The normalized spacial score (nSPS) is 13.1. The number of benzene rings is 1. The van der Waals surface area contributed by atoms with Gasteiger partial charge >= 0.3 is 0 Å². The van der Waals surface area contributed by atoms with E-state index in [0.717, 1.165) is 36.1 Å². The van der Waals surface area contributed by atoms with Gasteiger partial charge in [0.05, 0.1) is 11.8 Å². The zero-order valence-corrected chi connectivity index (χ0v) is 16.2. The molecule has 2 aromatic heterocycles. The van der Waals surface area contributed by atoms with Gasteiger partial charge in [-0.2, -0.15) is 0 Å². The van der Waals surface area contributed by atoms with Crippen LogP contribution >= 0.6 is 11.6 Å². The molecule has 0 spiro atoms. The van der Waals surface area contributed by atoms with E-state index in [0.29, 0.717) is 6.54 Å². The summed E-state index contributed by atoms with van der Waals surface area (Å²) >= 11 is 6.01. The third-order valence-corrected chi connectivity index (χ3v) is 5.00. The predicted octanol–water partition coefficient (Wildman–Crippen LogP) is 2.85. The topological polar surface area (TPSA) is 61.2 Å². The van der Waals surface area contributed by atoms with Crippen molar-refractivity contribution in [2.24, 2.45) is 0 Å². The van der Waals surface area contributed by atoms with Gasteiger partial charge in [-0.05, 0) is 55.0 Å². The van der Waals surface area contributed by atoms with Crippen LogP contribution in [0.1, 0.15) is 44.3 Å². The quantitative estimate of drug-likeness (QED) is 0.658. The number of nitrogens with zero attached hydrogens (tertiary/aromatic N) is 4. The predicted molar refractivity (Wildman–Crippen MR) is 99.7 cm³/mol. The zero-order chi connectivity index (χ0) is 18.6. The second-order valence-corrected chi connectivity index (χ2v) is 7.60. The van der Waals surface area contributed by atoms with E-state index < -0.39 is 0 Å². The van der Waals surface area contributed by atoms with Crippen LogP contribution in [0.4, 0.5) is 0 Å². The van der Waals surface area contributed by atoms with Crippen molar-refractivity contribution in [1.29, 1.82) is 0 Å². The van der Waals surface area contributed by atoms with Crippen LogP contribution in [0.2, 0.25) is 5.02 Å². The number of hydrogen-bond donors (Lipinski definition) is 1. The third kappa shape index (κ3) is 4.51. The molecule has 0 fully saturated rings. The lowest BCUT2D eigenvalue weighted by Crippen LogP contribution is -3.08. The van der Waals surface area contributed by atoms with Crippen molar-refractivity contribution in [1.82, 2.24) is 20.2 Å². The van der Waals surface area contributed by atoms with Gasteiger partial charge < -0.3 is 9.32 Å². The molecule has 1 N–H and O–H groups in total. The van der Waals surface area contributed by atoms with Gasteiger partial charge in [0.1, 0.15) is 19.6 Å². The molecule has 3 aromatic rings. The summed E-state index contributed by atoms with van der Waals surface area (Å²) in [6, 6.07) is 11.9. The van der Waals surface area contributed by atoms with Crippen LogP contribution in [-0.2, 0) is 25.2 Å². The highest BCUT2D eigenvalue weighted by Crippen LogP contribution is 2.18. The third-order valence-electron chi connectivity index (χ3n) is 4.75. The molecule has 0 aliphatic rings. The summed E-state index contributed by atoms with van der Waals surface area (Å²) in [4.78, 5) is 1.30. The summed E-state index contributed by atoms with van der Waals surface area (Å²) in [5.74, 6) is 1.83. The van der Waals surface area contributed by atoms with E-state index in [4.69, 9.17) is 16.0 Å². The first-order chi connectivity index (χ1) is 12.5. The second-order valence-electron chi connectivity index (χ2n) is 7.16. The molecule has 1 aromatic carbocycles. The average Bonchev–Trinajstić information content (AvgIpc) is 3.29. The summed E-state index contributed by atoms with van der Waals surface area (Å²) < 4.78 is 7.50. The fraction of sp³-hybridized carbons (Fsp3) is 0.421. The van der Waals surface area contributed by atoms with Crippen LogP contribution in [0, 0.1) is 0 Å². The summed E-state index contributed by atoms with van der Waals surface area (Å²) in [5, 5.41) is 13.2. The van der Waals surface area contributed by atoms with Gasteiger partial charge in [0.2, 0.25) is 5.82 Å². The van der Waals surface area contributed by atoms with Crippen molar-refractivity contribution in [2.75, 3.05) is 0 Å². The Balaban J connectivity index is 1.82. The highest BCUT2D eigenvalue weighted by atomic mass is 35.5. The summed E-state index contributed by atoms with van der Waals surface area (Å²) in [7, 11) is 0. The number of hydrogen-bond acceptors (Lipinski definition) is 4. The molecule has 0 saturated heterocycles. The first-order valence-electron chi connectivity index (χ1n) is 8.86. The fourth-order valence-corrected chi connectivity index (χ4v) is 3.02. The molecule has 2 heterocycles. The number of furan rings is 1. The van der Waals surface area contributed by atoms with Crippen molar-refractivity contribution in [3.8, 4) is 0 Å². The SMILES string of the molecule is CCC(C)(C)n1nnnc1C[NH+](Cc1ccc(Cl)cc1)Cc1ccco1. The number of tetrazole rings is 1. The number of rotatable bonds is 8. The highest BCUT2D eigenvalue weighted by Gasteiger charge is 2.26. The van der Waals surface area contributed by atoms with Crippen LogP contribution in [0.15, 0.2) is 47.1 Å². The maximum atomic E-state index is 6.01. The number of halogens is 1. The molecular weight excluding hydrogens is 350 g/mol. The van der Waals surface area contributed by atoms with Crippen LogP contribution < -0.4 is 4.90 Å². The first kappa shape index (κ1) is 18.6. The monoisotopic (exact) mass is 374 g/mol. The van der Waals surface area contributed by atoms with Crippen molar-refractivity contribution in [3.05, 3.63) is 64.8 Å². The molecule has 0 aliphatic heterocycles. The lowest BCUT2D eigenvalue weighted by atomic mass is 10.0. The van der Waals surface area contributed by atoms with E-state index >= 15 is 0 Å². The Labute approximate surface area is 158 Å². The summed E-state index contributed by atoms with van der Waals surface area (Å²) in [6.45, 7) is 8.75. The van der Waals surface area contributed by atoms with E-state index in [1.807, 2.05) is 28.9 Å². The van der Waals surface area contributed by atoms with E-state index in [-0.39, 0.29) is 5.54 Å². The second kappa shape index (κ2) is 8.01. The smallest absolute Gasteiger partial charge is 0.206 e. The molecule has 1 unspecified atom stereocenters. The molecule has 7 heteroatoms. The van der Waals surface area contributed by atoms with Gasteiger partial charge in [-0.15, -0.1) is 5.10 Å². The molecule has 1 atom stereocenters. The Hall–Kier alpha value is -2.18. The zero-order valence-electron chi connectivity index (χ0n) is 15.4. The lowest BCUT2D eigenvalue weighted by molar-refractivity contribution is -0.942. The Morgan fingerprint density at radius 1 is 1.12 bits per heavy atom. The van der Waals surface area contributed by atoms with E-state index in [1.165, 1.54) is 10.5 Å². The molecule has 6 nitrogen and oxygen atoms in total. The molecule has 26 heavy (non-hydrogen) atoms. The van der Waals surface area contributed by atoms with Crippen LogP contribution in [0.5, 0.6) is 0 Å². The molecule has 3 rings (SSSR count). The number of quaternary nitrogens is 1. The molecule has 0 radical (unpaired) electrons. The van der Waals surface area contributed by atoms with E-state index in [1.54, 1.807) is 6.26 Å². The van der Waals surface area contributed by atoms with Crippen molar-refractivity contribution in [2.45, 2.75) is 52.4 Å². The molecule has 0 amide bonds. The first-order valence-corrected chi connectivity index (χ1v) is 9.24. The largest absolute Gasteiger partial charge is 0.463 e. The van der Waals surface area contributed by atoms with Crippen molar-refractivity contribution >= 4 is 11.6 Å². The van der Waals surface area contributed by atoms with Gasteiger partial charge in [0.25, 0.3) is 0 Å². The Morgan fingerprint density at radius 2 is 1.88 bits per heavy atom. The minimum Gasteiger partial charge on any atom is -0.463 e.